The molecular weight excluding hydrogens is 454 g/mol. The van der Waals surface area contributed by atoms with Gasteiger partial charge in [0.25, 0.3) is 0 Å². The van der Waals surface area contributed by atoms with Crippen molar-refractivity contribution >= 4 is 23.3 Å². The molecular formula is C30H40ClN3O. The quantitative estimate of drug-likeness (QED) is 0.237. The maximum atomic E-state index is 6.10. The van der Waals surface area contributed by atoms with Crippen LogP contribution < -0.4 is 4.74 Å². The third-order valence-electron chi connectivity index (χ3n) is 7.14. The molecule has 4 nitrogen and oxygen atoms in total. The van der Waals surface area contributed by atoms with E-state index in [-0.39, 0.29) is 12.4 Å². The van der Waals surface area contributed by atoms with Gasteiger partial charge in [-0.2, -0.15) is 0 Å². The Hall–Kier alpha value is -2.45. The zero-order valence-corrected chi connectivity index (χ0v) is 22.1. The van der Waals surface area contributed by atoms with Crippen LogP contribution in [0.4, 0.5) is 0 Å². The molecule has 1 fully saturated rings. The highest BCUT2D eigenvalue weighted by Gasteiger charge is 2.18. The Morgan fingerprint density at radius 1 is 1.06 bits per heavy atom. The lowest BCUT2D eigenvalue weighted by atomic mass is 9.91. The van der Waals surface area contributed by atoms with Gasteiger partial charge in [0, 0.05) is 36.7 Å². The van der Waals surface area contributed by atoms with Crippen molar-refractivity contribution in [2.45, 2.75) is 45.2 Å². The Bertz CT molecular complexity index is 1080. The fourth-order valence-electron chi connectivity index (χ4n) is 5.11. The van der Waals surface area contributed by atoms with E-state index in [1.165, 1.54) is 60.9 Å². The molecule has 1 aliphatic heterocycles. The number of likely N-dealkylation sites (tertiary alicyclic amines) is 1. The molecule has 0 spiro atoms. The summed E-state index contributed by atoms with van der Waals surface area (Å²) in [5, 5.41) is 1.23. The first-order valence-corrected chi connectivity index (χ1v) is 12.7. The Morgan fingerprint density at radius 2 is 1.83 bits per heavy atom. The highest BCUT2D eigenvalue weighted by Crippen LogP contribution is 2.26. The number of aromatic nitrogens is 1. The van der Waals surface area contributed by atoms with E-state index >= 15 is 0 Å². The van der Waals surface area contributed by atoms with Crippen LogP contribution in [0.3, 0.4) is 0 Å². The van der Waals surface area contributed by atoms with Crippen LogP contribution in [0.25, 0.3) is 10.9 Å². The Kier molecular flexibility index (Phi) is 10.5. The van der Waals surface area contributed by atoms with Gasteiger partial charge in [-0.1, -0.05) is 42.7 Å². The molecule has 1 saturated heterocycles. The number of unbranched alkanes of at least 4 members (excludes halogenated alkanes) is 1. The molecule has 0 amide bonds. The SMILES string of the molecule is C#CCN(C)Cc1cc2cc(OCCCCC3CCN(Cc4ccccc4)CC3)ccc2n1C.Cl. The minimum Gasteiger partial charge on any atom is -0.494 e. The molecule has 0 saturated carbocycles. The topological polar surface area (TPSA) is 20.6 Å². The van der Waals surface area contributed by atoms with Crippen LogP contribution in [0.5, 0.6) is 5.75 Å². The summed E-state index contributed by atoms with van der Waals surface area (Å²) in [4.78, 5) is 4.76. The van der Waals surface area contributed by atoms with Gasteiger partial charge < -0.3 is 9.30 Å². The van der Waals surface area contributed by atoms with Gasteiger partial charge in [-0.15, -0.1) is 18.8 Å². The molecule has 1 aliphatic rings. The predicted octanol–water partition coefficient (Wildman–Crippen LogP) is 6.13. The first-order chi connectivity index (χ1) is 16.6. The number of halogens is 1. The van der Waals surface area contributed by atoms with E-state index in [4.69, 9.17) is 11.2 Å². The summed E-state index contributed by atoms with van der Waals surface area (Å²) in [6, 6.07) is 19.5. The Morgan fingerprint density at radius 3 is 2.57 bits per heavy atom. The van der Waals surface area contributed by atoms with Gasteiger partial charge in [-0.05, 0) is 81.6 Å². The first kappa shape index (κ1) is 27.1. The number of aryl methyl sites for hydroxylation is 1. The van der Waals surface area contributed by atoms with E-state index in [0.717, 1.165) is 37.8 Å². The van der Waals surface area contributed by atoms with Gasteiger partial charge in [0.05, 0.1) is 13.2 Å². The zero-order chi connectivity index (χ0) is 23.8. The van der Waals surface area contributed by atoms with Gasteiger partial charge in [0.1, 0.15) is 5.75 Å². The van der Waals surface area contributed by atoms with Crippen LogP contribution in [0.15, 0.2) is 54.6 Å². The molecule has 0 bridgehead atoms. The van der Waals surface area contributed by atoms with Crippen molar-refractivity contribution in [1.82, 2.24) is 14.4 Å². The number of terminal acetylenes is 1. The van der Waals surface area contributed by atoms with Gasteiger partial charge >= 0.3 is 0 Å². The standard InChI is InChI=1S/C30H39N3O.ClH/c1-4-17-31(2)24-28-21-27-22-29(13-14-30(27)32(28)3)34-20-9-8-10-25-15-18-33(19-16-25)23-26-11-6-5-7-12-26;/h1,5-7,11-14,21-22,25H,8-10,15-20,23-24H2,2-3H3;1H. The molecule has 3 aromatic rings. The third kappa shape index (κ3) is 7.77. The Labute approximate surface area is 217 Å². The number of hydrogen-bond acceptors (Lipinski definition) is 3. The maximum absolute atomic E-state index is 6.10. The highest BCUT2D eigenvalue weighted by atomic mass is 35.5. The van der Waals surface area contributed by atoms with Crippen molar-refractivity contribution in [3.63, 3.8) is 0 Å². The second kappa shape index (κ2) is 13.6. The van der Waals surface area contributed by atoms with Crippen LogP contribution in [0, 0.1) is 18.3 Å². The van der Waals surface area contributed by atoms with E-state index in [1.807, 2.05) is 0 Å². The monoisotopic (exact) mass is 493 g/mol. The van der Waals surface area contributed by atoms with Crippen molar-refractivity contribution < 1.29 is 4.74 Å². The number of piperidine rings is 1. The summed E-state index contributed by atoms with van der Waals surface area (Å²) in [6.07, 6.45) is 11.8. The summed E-state index contributed by atoms with van der Waals surface area (Å²) in [5.41, 5.74) is 3.93. The summed E-state index contributed by atoms with van der Waals surface area (Å²) < 4.78 is 8.35. The number of fused-ring (bicyclic) bond motifs is 1. The largest absolute Gasteiger partial charge is 0.494 e. The fourth-order valence-corrected chi connectivity index (χ4v) is 5.11. The number of rotatable bonds is 11. The smallest absolute Gasteiger partial charge is 0.120 e. The van der Waals surface area contributed by atoms with E-state index in [9.17, 15) is 0 Å². The van der Waals surface area contributed by atoms with Crippen molar-refractivity contribution in [2.75, 3.05) is 33.3 Å². The molecule has 2 heterocycles. The summed E-state index contributed by atoms with van der Waals surface area (Å²) in [7, 11) is 4.17. The molecule has 0 radical (unpaired) electrons. The zero-order valence-electron chi connectivity index (χ0n) is 21.3. The number of benzene rings is 2. The van der Waals surface area contributed by atoms with Crippen LogP contribution in [0.1, 0.15) is 43.4 Å². The summed E-state index contributed by atoms with van der Waals surface area (Å²) in [6.45, 7) is 5.85. The van der Waals surface area contributed by atoms with Gasteiger partial charge in [-0.25, -0.2) is 0 Å². The molecule has 188 valence electrons. The number of ether oxygens (including phenoxy) is 1. The van der Waals surface area contributed by atoms with Crippen LogP contribution in [-0.2, 0) is 20.1 Å². The van der Waals surface area contributed by atoms with Crippen molar-refractivity contribution in [3.05, 3.63) is 65.9 Å². The van der Waals surface area contributed by atoms with E-state index < -0.39 is 0 Å². The maximum Gasteiger partial charge on any atom is 0.120 e. The normalized spacial score (nSPS) is 14.7. The molecule has 5 heteroatoms. The summed E-state index contributed by atoms with van der Waals surface area (Å²) >= 11 is 0. The highest BCUT2D eigenvalue weighted by molar-refractivity contribution is 5.85. The molecule has 0 unspecified atom stereocenters. The lowest BCUT2D eigenvalue weighted by molar-refractivity contribution is 0.169. The second-order valence-corrected chi connectivity index (χ2v) is 9.84. The van der Waals surface area contributed by atoms with E-state index in [2.05, 4.69) is 89.0 Å². The second-order valence-electron chi connectivity index (χ2n) is 9.84. The lowest BCUT2D eigenvalue weighted by Gasteiger charge is -2.32. The Balaban J connectivity index is 0.00000342. The average Bonchev–Trinajstić information content (AvgIpc) is 3.15. The molecule has 35 heavy (non-hydrogen) atoms. The minimum atomic E-state index is 0. The number of nitrogens with zero attached hydrogens (tertiary/aromatic N) is 3. The molecule has 4 rings (SSSR count). The van der Waals surface area contributed by atoms with Gasteiger partial charge in [-0.3, -0.25) is 9.80 Å². The van der Waals surface area contributed by atoms with Crippen molar-refractivity contribution in [2.24, 2.45) is 13.0 Å². The molecule has 0 atom stereocenters. The average molecular weight is 494 g/mol. The van der Waals surface area contributed by atoms with Gasteiger partial charge in [0.2, 0.25) is 0 Å². The number of hydrogen-bond donors (Lipinski definition) is 0. The van der Waals surface area contributed by atoms with E-state index in [1.54, 1.807) is 0 Å². The van der Waals surface area contributed by atoms with Crippen LogP contribution >= 0.6 is 12.4 Å². The fraction of sp³-hybridized carbons (Fsp3) is 0.467. The lowest BCUT2D eigenvalue weighted by Crippen LogP contribution is -2.33. The minimum absolute atomic E-state index is 0. The summed E-state index contributed by atoms with van der Waals surface area (Å²) in [5.74, 6) is 4.55. The molecule has 1 aromatic heterocycles. The van der Waals surface area contributed by atoms with Crippen LogP contribution in [-0.4, -0.2) is 47.7 Å². The molecule has 0 aliphatic carbocycles. The van der Waals surface area contributed by atoms with Gasteiger partial charge in [0.15, 0.2) is 0 Å². The van der Waals surface area contributed by atoms with E-state index in [0.29, 0.717) is 6.54 Å². The first-order valence-electron chi connectivity index (χ1n) is 12.7. The van der Waals surface area contributed by atoms with Crippen molar-refractivity contribution in [3.8, 4) is 18.1 Å². The molecule has 2 aromatic carbocycles. The third-order valence-corrected chi connectivity index (χ3v) is 7.14. The predicted molar refractivity (Wildman–Crippen MR) is 149 cm³/mol. The molecule has 0 N–H and O–H groups in total. The van der Waals surface area contributed by atoms with Crippen molar-refractivity contribution in [1.29, 1.82) is 0 Å². The van der Waals surface area contributed by atoms with Crippen LogP contribution in [0.2, 0.25) is 0 Å².